The number of aliphatic hydroxyl groups is 1. The number of halogens is 7. The molecule has 0 radical (unpaired) electrons. The summed E-state index contributed by atoms with van der Waals surface area (Å²) in [7, 11) is 0.145. The van der Waals surface area contributed by atoms with Crippen molar-refractivity contribution in [2.24, 2.45) is 7.05 Å². The zero-order chi connectivity index (χ0) is 40.7. The molecule has 18 heteroatoms. The van der Waals surface area contributed by atoms with Gasteiger partial charge in [0.05, 0.1) is 17.3 Å². The van der Waals surface area contributed by atoms with Gasteiger partial charge in [0.2, 0.25) is 5.91 Å². The highest BCUT2D eigenvalue weighted by molar-refractivity contribution is 7.85. The molecule has 0 bridgehead atoms. The van der Waals surface area contributed by atoms with E-state index in [4.69, 9.17) is 4.98 Å². The van der Waals surface area contributed by atoms with Crippen molar-refractivity contribution in [1.82, 2.24) is 29.9 Å². The molecule has 1 amide bonds. The number of aromatic nitrogens is 5. The Morgan fingerprint density at radius 3 is 2.39 bits per heavy atom. The van der Waals surface area contributed by atoms with E-state index in [0.717, 1.165) is 12.1 Å². The quantitative estimate of drug-likeness (QED) is 0.0989. The summed E-state index contributed by atoms with van der Waals surface area (Å²) >= 11 is 0. The largest absolute Gasteiger partial charge is 0.435 e. The number of anilines is 1. The van der Waals surface area contributed by atoms with Gasteiger partial charge in [-0.25, -0.2) is 18.0 Å². The van der Waals surface area contributed by atoms with E-state index in [-0.39, 0.29) is 23.4 Å². The molecule has 2 unspecified atom stereocenters. The number of fused-ring (bicyclic) bond motifs is 2. The van der Waals surface area contributed by atoms with E-state index < -0.39 is 88.6 Å². The first-order chi connectivity index (χ1) is 26.3. The minimum atomic E-state index is -5.06. The molecule has 0 spiro atoms. The number of para-hydroxylation sites is 1. The van der Waals surface area contributed by atoms with Gasteiger partial charge in [-0.15, -0.1) is 0 Å². The lowest BCUT2D eigenvalue weighted by molar-refractivity contribution is -0.142. The zero-order valence-electron chi connectivity index (χ0n) is 30.5. The molecule has 0 saturated heterocycles. The maximum Gasteiger partial charge on any atom is 0.435 e. The van der Waals surface area contributed by atoms with Gasteiger partial charge in [0.1, 0.15) is 46.2 Å². The van der Waals surface area contributed by atoms with Crippen LogP contribution in [0.5, 0.6) is 0 Å². The third-order valence-electron chi connectivity index (χ3n) is 9.59. The van der Waals surface area contributed by atoms with Crippen molar-refractivity contribution in [3.05, 3.63) is 94.1 Å². The predicted molar refractivity (Wildman–Crippen MR) is 194 cm³/mol. The summed E-state index contributed by atoms with van der Waals surface area (Å²) in [5.74, 6) is -0.648. The number of hydrogen-bond acceptors (Lipinski definition) is 6. The van der Waals surface area contributed by atoms with Crippen LogP contribution in [0, 0.1) is 23.5 Å². The van der Waals surface area contributed by atoms with Crippen LogP contribution in [-0.2, 0) is 54.3 Å². The lowest BCUT2D eigenvalue weighted by Gasteiger charge is -2.23. The van der Waals surface area contributed by atoms with Crippen LogP contribution in [0.3, 0.4) is 0 Å². The van der Waals surface area contributed by atoms with Crippen LogP contribution in [0.1, 0.15) is 73.1 Å². The summed E-state index contributed by atoms with van der Waals surface area (Å²) in [5, 5.41) is 21.9. The normalized spacial score (nSPS) is 14.9. The average Bonchev–Trinajstić information content (AvgIpc) is 3.76. The fourth-order valence-electron chi connectivity index (χ4n) is 6.86. The molecule has 0 aliphatic heterocycles. The fourth-order valence-corrected chi connectivity index (χ4v) is 7.28. The molecule has 3 aromatic heterocycles. The van der Waals surface area contributed by atoms with Crippen LogP contribution in [0.4, 0.5) is 36.6 Å². The highest BCUT2D eigenvalue weighted by atomic mass is 32.2. The van der Waals surface area contributed by atoms with Gasteiger partial charge in [-0.2, -0.15) is 32.1 Å². The Morgan fingerprint density at radius 2 is 1.75 bits per heavy atom. The van der Waals surface area contributed by atoms with E-state index >= 15 is 0 Å². The number of amides is 1. The lowest BCUT2D eigenvalue weighted by atomic mass is 9.93. The molecule has 56 heavy (non-hydrogen) atoms. The Balaban J connectivity index is 1.53. The molecule has 6 rings (SSSR count). The lowest BCUT2D eigenvalue weighted by Crippen LogP contribution is -2.35. The Labute approximate surface area is 319 Å². The second-order valence-electron chi connectivity index (χ2n) is 13.5. The highest BCUT2D eigenvalue weighted by Gasteiger charge is 2.50. The number of benzene rings is 2. The fraction of sp³-hybridized carbons (Fsp3) is 0.368. The molecular weight excluding hydrogens is 768 g/mol. The van der Waals surface area contributed by atoms with Gasteiger partial charge in [0.15, 0.2) is 11.5 Å². The van der Waals surface area contributed by atoms with E-state index in [1.54, 1.807) is 51.2 Å². The Kier molecular flexibility index (Phi) is 11.1. The molecule has 3 N–H and O–H groups in total. The molecule has 2 aromatic carbocycles. The SMILES string of the molecule is CCC(O)(C#Cc1ccc(-c2cccc3c(NS(C)=O)nn(C)c23)c(C(Cc2cc(F)cc(F)c2)NC(=O)Cn2nc(C(F)(F)F)c3c2C(F)(F)CC3)n1)CC. The third-order valence-corrected chi connectivity index (χ3v) is 10.1. The molecule has 1 aliphatic carbocycles. The van der Waals surface area contributed by atoms with Crippen molar-refractivity contribution < 1.29 is 44.8 Å². The van der Waals surface area contributed by atoms with Crippen molar-refractivity contribution >= 4 is 33.6 Å². The summed E-state index contributed by atoms with van der Waals surface area (Å²) in [4.78, 5) is 18.6. The molecule has 5 aromatic rings. The molecule has 3 heterocycles. The monoisotopic (exact) mass is 803 g/mol. The van der Waals surface area contributed by atoms with Crippen molar-refractivity contribution in [3.8, 4) is 23.0 Å². The number of rotatable bonds is 11. The van der Waals surface area contributed by atoms with E-state index in [2.05, 4.69) is 32.1 Å². The van der Waals surface area contributed by atoms with Gasteiger partial charge in [-0.3, -0.25) is 18.9 Å². The average molecular weight is 804 g/mol. The van der Waals surface area contributed by atoms with Gasteiger partial charge >= 0.3 is 6.18 Å². The van der Waals surface area contributed by atoms with Crippen molar-refractivity contribution in [1.29, 1.82) is 0 Å². The van der Waals surface area contributed by atoms with Gasteiger partial charge in [0.25, 0.3) is 5.92 Å². The number of carbonyl (C=O) groups excluding carboxylic acids is 1. The summed E-state index contributed by atoms with van der Waals surface area (Å²) in [5.41, 5.74) is -2.99. The molecule has 10 nitrogen and oxygen atoms in total. The number of carbonyl (C=O) groups is 1. The van der Waals surface area contributed by atoms with Crippen LogP contribution < -0.4 is 10.0 Å². The van der Waals surface area contributed by atoms with Crippen LogP contribution >= 0.6 is 0 Å². The van der Waals surface area contributed by atoms with E-state index in [1.165, 1.54) is 10.9 Å². The molecule has 2 atom stereocenters. The van der Waals surface area contributed by atoms with Gasteiger partial charge in [-0.1, -0.05) is 31.9 Å². The van der Waals surface area contributed by atoms with Crippen LogP contribution in [-0.4, -0.2) is 51.6 Å². The second-order valence-corrected chi connectivity index (χ2v) is 14.6. The van der Waals surface area contributed by atoms with Gasteiger partial charge in [0, 0.05) is 47.9 Å². The molecule has 0 saturated carbocycles. The summed E-state index contributed by atoms with van der Waals surface area (Å²) in [6.45, 7) is 2.44. The van der Waals surface area contributed by atoms with Crippen LogP contribution in [0.2, 0.25) is 0 Å². The van der Waals surface area contributed by atoms with E-state index in [1.807, 2.05) is 0 Å². The van der Waals surface area contributed by atoms with E-state index in [9.17, 15) is 44.8 Å². The highest BCUT2D eigenvalue weighted by Crippen LogP contribution is 2.46. The van der Waals surface area contributed by atoms with Crippen LogP contribution in [0.25, 0.3) is 22.0 Å². The number of nitrogens with zero attached hydrogens (tertiary/aromatic N) is 5. The first-order valence-corrected chi connectivity index (χ1v) is 19.0. The standard InChI is InChI=1S/C38H36F7N7O3S/c1-5-36(54,6-2)14-12-24-10-11-25(26-8-7-9-27-32(26)51(3)49-35(27)50-56(4)55)31(46-24)29(18-21-16-22(39)19-23(40)17-21)47-30(53)20-52-34-28(13-15-37(34,41)42)33(48-52)38(43,44)45/h7-11,16-17,19,29,54H,5-6,13,15,18,20H2,1-4H3,(H,47,53)(H,49,50). The Bertz CT molecular complexity index is 2390. The molecule has 0 fully saturated rings. The zero-order valence-corrected chi connectivity index (χ0v) is 31.3. The number of alkyl halides is 5. The summed E-state index contributed by atoms with van der Waals surface area (Å²) < 4.78 is 117. The third kappa shape index (κ3) is 8.28. The Hall–Kier alpha value is -5.28. The van der Waals surface area contributed by atoms with E-state index in [0.29, 0.717) is 51.4 Å². The first kappa shape index (κ1) is 40.4. The summed E-state index contributed by atoms with van der Waals surface area (Å²) in [6.07, 6.45) is -4.88. The van der Waals surface area contributed by atoms with Crippen LogP contribution in [0.15, 0.2) is 48.5 Å². The number of pyridine rings is 1. The maximum atomic E-state index is 15.0. The predicted octanol–water partition coefficient (Wildman–Crippen LogP) is 6.88. The maximum absolute atomic E-state index is 15.0. The summed E-state index contributed by atoms with van der Waals surface area (Å²) in [6, 6.07) is 9.69. The van der Waals surface area contributed by atoms with Crippen molar-refractivity contribution in [2.75, 3.05) is 11.0 Å². The topological polar surface area (TPSA) is 127 Å². The molecule has 1 aliphatic rings. The number of aryl methyl sites for hydroxylation is 1. The molecule has 296 valence electrons. The van der Waals surface area contributed by atoms with Crippen molar-refractivity contribution in [3.63, 3.8) is 0 Å². The first-order valence-electron chi connectivity index (χ1n) is 17.4. The Morgan fingerprint density at radius 1 is 1.05 bits per heavy atom. The smallest absolute Gasteiger partial charge is 0.378 e. The number of nitrogens with one attached hydrogen (secondary N) is 2. The van der Waals surface area contributed by atoms with Crippen molar-refractivity contribution in [2.45, 2.75) is 76.2 Å². The minimum Gasteiger partial charge on any atom is -0.378 e. The van der Waals surface area contributed by atoms with Gasteiger partial charge in [-0.05, 0) is 67.5 Å². The second kappa shape index (κ2) is 15.3. The number of hydrogen-bond donors (Lipinski definition) is 3. The molecular formula is C38H36F7N7O3S. The van der Waals surface area contributed by atoms with Gasteiger partial charge < -0.3 is 10.4 Å². The minimum absolute atomic E-state index is 0.0462.